The molecule has 1 aromatic carbocycles. The highest BCUT2D eigenvalue weighted by Gasteiger charge is 2.27. The van der Waals surface area contributed by atoms with Crippen molar-refractivity contribution < 1.29 is 13.5 Å². The Balaban J connectivity index is 1.52. The highest BCUT2D eigenvalue weighted by Crippen LogP contribution is 2.34. The van der Waals surface area contributed by atoms with Crippen LogP contribution in [0.15, 0.2) is 33.0 Å². The number of aliphatic imine (C=N–C) groups is 2. The van der Waals surface area contributed by atoms with Crippen LogP contribution in [0.2, 0.25) is 0 Å². The SMILES string of the molecule is C=NC(=NCC1CC1)Nc1c(C)c2ccc(CN3CCS(=O)(=O)CC3)cc2c(=O)n1C1CCC(O)CC1. The van der Waals surface area contributed by atoms with E-state index in [1.54, 1.807) is 0 Å². The topological polar surface area (TPSA) is 116 Å². The number of aliphatic hydroxyl groups is 1. The van der Waals surface area contributed by atoms with Crippen LogP contribution >= 0.6 is 0 Å². The third kappa shape index (κ3) is 5.97. The van der Waals surface area contributed by atoms with Gasteiger partial charge in [-0.25, -0.2) is 13.4 Å². The van der Waals surface area contributed by atoms with Crippen LogP contribution < -0.4 is 10.9 Å². The lowest BCUT2D eigenvalue weighted by molar-refractivity contribution is 0.110. The number of aromatic nitrogens is 1. The van der Waals surface area contributed by atoms with E-state index in [-0.39, 0.29) is 29.2 Å². The first-order valence-electron chi connectivity index (χ1n) is 13.3. The number of anilines is 1. The molecular formula is C27H37N5O4S. The second-order valence-electron chi connectivity index (χ2n) is 10.8. The van der Waals surface area contributed by atoms with Crippen LogP contribution in [0.25, 0.3) is 10.8 Å². The Kier molecular flexibility index (Phi) is 7.51. The average Bonchev–Trinajstić information content (AvgIpc) is 3.71. The molecule has 0 radical (unpaired) electrons. The summed E-state index contributed by atoms with van der Waals surface area (Å²) in [5.41, 5.74) is 1.87. The van der Waals surface area contributed by atoms with Gasteiger partial charge in [-0.05, 0) is 80.7 Å². The van der Waals surface area contributed by atoms with Crippen LogP contribution in [0.5, 0.6) is 0 Å². The van der Waals surface area contributed by atoms with Gasteiger partial charge in [0.15, 0.2) is 9.84 Å². The first-order chi connectivity index (χ1) is 17.7. The number of rotatable bonds is 6. The van der Waals surface area contributed by atoms with E-state index in [9.17, 15) is 18.3 Å². The summed E-state index contributed by atoms with van der Waals surface area (Å²) in [6.07, 6.45) is 4.82. The van der Waals surface area contributed by atoms with Gasteiger partial charge in [0.1, 0.15) is 5.82 Å². The van der Waals surface area contributed by atoms with Crippen molar-refractivity contribution in [3.63, 3.8) is 0 Å². The summed E-state index contributed by atoms with van der Waals surface area (Å²) in [4.78, 5) is 24.9. The number of hydrogen-bond donors (Lipinski definition) is 2. The molecule has 1 aromatic heterocycles. The zero-order chi connectivity index (χ0) is 26.2. The number of benzene rings is 1. The van der Waals surface area contributed by atoms with Gasteiger partial charge in [-0.2, -0.15) is 0 Å². The van der Waals surface area contributed by atoms with E-state index in [0.29, 0.717) is 62.1 Å². The Hall–Kier alpha value is -2.56. The molecule has 1 saturated heterocycles. The lowest BCUT2D eigenvalue weighted by Gasteiger charge is -2.30. The summed E-state index contributed by atoms with van der Waals surface area (Å²) >= 11 is 0. The Morgan fingerprint density at radius 3 is 2.46 bits per heavy atom. The maximum absolute atomic E-state index is 14.0. The van der Waals surface area contributed by atoms with E-state index in [2.05, 4.69) is 26.9 Å². The number of nitrogens with zero attached hydrogens (tertiary/aromatic N) is 4. The molecule has 3 fully saturated rings. The fraction of sp³-hybridized carbons (Fsp3) is 0.593. The van der Waals surface area contributed by atoms with Gasteiger partial charge in [0.2, 0.25) is 5.96 Å². The van der Waals surface area contributed by atoms with Crippen molar-refractivity contribution in [3.05, 3.63) is 39.7 Å². The Bertz CT molecular complexity index is 1360. The van der Waals surface area contributed by atoms with E-state index < -0.39 is 9.84 Å². The van der Waals surface area contributed by atoms with Gasteiger partial charge in [0, 0.05) is 37.6 Å². The molecule has 2 aliphatic carbocycles. The predicted octanol–water partition coefficient (Wildman–Crippen LogP) is 2.89. The first kappa shape index (κ1) is 26.1. The quantitative estimate of drug-likeness (QED) is 0.441. The van der Waals surface area contributed by atoms with Crippen LogP contribution in [0.3, 0.4) is 0 Å². The molecule has 2 heterocycles. The molecule has 0 bridgehead atoms. The Morgan fingerprint density at radius 2 is 1.81 bits per heavy atom. The minimum atomic E-state index is -2.94. The van der Waals surface area contributed by atoms with Crippen molar-refractivity contribution in [2.24, 2.45) is 15.9 Å². The first-order valence-corrected chi connectivity index (χ1v) is 15.1. The van der Waals surface area contributed by atoms with Crippen LogP contribution in [-0.4, -0.2) is 72.9 Å². The number of fused-ring (bicyclic) bond motifs is 1. The van der Waals surface area contributed by atoms with Crippen molar-refractivity contribution >= 4 is 39.1 Å². The molecule has 0 atom stereocenters. The van der Waals surface area contributed by atoms with Gasteiger partial charge in [-0.1, -0.05) is 12.1 Å². The molecule has 3 aliphatic rings. The fourth-order valence-electron chi connectivity index (χ4n) is 5.47. The maximum atomic E-state index is 14.0. The number of hydrogen-bond acceptors (Lipinski definition) is 6. The zero-order valence-corrected chi connectivity index (χ0v) is 22.3. The van der Waals surface area contributed by atoms with Crippen molar-refractivity contribution in [2.75, 3.05) is 36.5 Å². The molecule has 2 aromatic rings. The maximum Gasteiger partial charge on any atom is 0.260 e. The average molecular weight is 528 g/mol. The molecule has 1 aliphatic heterocycles. The third-order valence-electron chi connectivity index (χ3n) is 7.98. The number of nitrogens with one attached hydrogen (secondary N) is 1. The van der Waals surface area contributed by atoms with E-state index in [1.165, 1.54) is 12.8 Å². The lowest BCUT2D eigenvalue weighted by Crippen LogP contribution is -2.39. The van der Waals surface area contributed by atoms with Crippen LogP contribution in [-0.2, 0) is 16.4 Å². The highest BCUT2D eigenvalue weighted by molar-refractivity contribution is 7.91. The molecule has 0 amide bonds. The number of aliphatic hydroxyl groups excluding tert-OH is 1. The molecule has 37 heavy (non-hydrogen) atoms. The van der Waals surface area contributed by atoms with Crippen molar-refractivity contribution in [1.82, 2.24) is 9.47 Å². The minimum Gasteiger partial charge on any atom is -0.393 e. The monoisotopic (exact) mass is 527 g/mol. The number of pyridine rings is 1. The second kappa shape index (κ2) is 10.7. The third-order valence-corrected chi connectivity index (χ3v) is 9.59. The van der Waals surface area contributed by atoms with Crippen LogP contribution in [0.1, 0.15) is 55.7 Å². The smallest absolute Gasteiger partial charge is 0.260 e. The normalized spacial score (nSPS) is 24.8. The van der Waals surface area contributed by atoms with Crippen molar-refractivity contribution in [1.29, 1.82) is 0 Å². The van der Waals surface area contributed by atoms with E-state index in [4.69, 9.17) is 0 Å². The second-order valence-corrected chi connectivity index (χ2v) is 13.1. The van der Waals surface area contributed by atoms with Gasteiger partial charge >= 0.3 is 0 Å². The summed E-state index contributed by atoms with van der Waals surface area (Å²) in [6, 6.07) is 5.94. The molecule has 5 rings (SSSR count). The molecule has 0 spiro atoms. The molecule has 200 valence electrons. The van der Waals surface area contributed by atoms with Gasteiger partial charge in [0.05, 0.1) is 17.6 Å². The van der Waals surface area contributed by atoms with Crippen LogP contribution in [0, 0.1) is 12.8 Å². The molecular weight excluding hydrogens is 490 g/mol. The molecule has 0 unspecified atom stereocenters. The van der Waals surface area contributed by atoms with Gasteiger partial charge in [-0.3, -0.25) is 19.3 Å². The molecule has 9 nitrogen and oxygen atoms in total. The minimum absolute atomic E-state index is 0.0352. The highest BCUT2D eigenvalue weighted by atomic mass is 32.2. The van der Waals surface area contributed by atoms with Gasteiger partial charge in [-0.15, -0.1) is 0 Å². The van der Waals surface area contributed by atoms with Crippen LogP contribution in [0.4, 0.5) is 5.82 Å². The van der Waals surface area contributed by atoms with Gasteiger partial charge < -0.3 is 10.4 Å². The number of sulfone groups is 1. The zero-order valence-electron chi connectivity index (χ0n) is 21.5. The fourth-order valence-corrected chi connectivity index (χ4v) is 6.75. The summed E-state index contributed by atoms with van der Waals surface area (Å²) in [7, 11) is -2.94. The van der Waals surface area contributed by atoms with E-state index in [0.717, 1.165) is 29.4 Å². The molecule has 2 saturated carbocycles. The summed E-state index contributed by atoms with van der Waals surface area (Å²) in [5, 5.41) is 14.9. The summed E-state index contributed by atoms with van der Waals surface area (Å²) in [6.45, 7) is 8.03. The molecule has 10 heteroatoms. The van der Waals surface area contributed by atoms with Gasteiger partial charge in [0.25, 0.3) is 5.56 Å². The summed E-state index contributed by atoms with van der Waals surface area (Å²) in [5.74, 6) is 2.08. The molecule has 2 N–H and O–H groups in total. The summed E-state index contributed by atoms with van der Waals surface area (Å²) < 4.78 is 25.5. The predicted molar refractivity (Wildman–Crippen MR) is 149 cm³/mol. The standard InChI is InChI=1S/C27H37N5O4S/c1-18-23-10-5-20(17-31-11-13-37(35,36)14-12-31)15-24(23)26(34)32(21-6-8-22(33)9-7-21)25(18)30-27(28-2)29-16-19-3-4-19/h5,10,15,19,21-22,33H,2-4,6-9,11-14,16-17H2,1H3,(H,29,30). The van der Waals surface area contributed by atoms with E-state index in [1.807, 2.05) is 29.7 Å². The van der Waals surface area contributed by atoms with Crippen molar-refractivity contribution in [3.8, 4) is 0 Å². The largest absolute Gasteiger partial charge is 0.393 e. The van der Waals surface area contributed by atoms with Crippen molar-refractivity contribution in [2.45, 2.75) is 64.1 Å². The Labute approximate surface area is 218 Å². The number of guanidine groups is 1. The Morgan fingerprint density at radius 1 is 1.11 bits per heavy atom. The lowest BCUT2D eigenvalue weighted by atomic mass is 9.92. The van der Waals surface area contributed by atoms with E-state index >= 15 is 0 Å². The number of aryl methyl sites for hydroxylation is 1.